The zero-order valence-corrected chi connectivity index (χ0v) is 13.1. The predicted molar refractivity (Wildman–Crippen MR) is 76.6 cm³/mol. The molecule has 1 unspecified atom stereocenters. The van der Waals surface area contributed by atoms with Gasteiger partial charge in [0.15, 0.2) is 0 Å². The Balaban J connectivity index is 1.64. The standard InChI is InChI=1S/C12H18ClN3O4S/c13-12-14-7-11(8-15-12)21(17,18)16-4-2-5-19-9-10-3-1-6-20-10/h7-8,10,16H,1-6,9H2. The molecule has 1 aliphatic rings. The molecule has 0 aromatic carbocycles. The molecular formula is C12H18ClN3O4S. The summed E-state index contributed by atoms with van der Waals surface area (Å²) in [6, 6.07) is 0. The van der Waals surface area contributed by atoms with Crippen LogP contribution in [-0.2, 0) is 19.5 Å². The lowest BCUT2D eigenvalue weighted by Crippen LogP contribution is -2.26. The van der Waals surface area contributed by atoms with Crippen LogP contribution in [0.4, 0.5) is 0 Å². The molecule has 0 aliphatic carbocycles. The predicted octanol–water partition coefficient (Wildman–Crippen LogP) is 0.994. The number of ether oxygens (including phenoxy) is 2. The van der Waals surface area contributed by atoms with Crippen molar-refractivity contribution in [3.05, 3.63) is 17.7 Å². The van der Waals surface area contributed by atoms with Crippen LogP contribution >= 0.6 is 11.6 Å². The summed E-state index contributed by atoms with van der Waals surface area (Å²) in [5.74, 6) is 0. The lowest BCUT2D eigenvalue weighted by atomic mass is 10.2. The third kappa shape index (κ3) is 5.48. The van der Waals surface area contributed by atoms with Gasteiger partial charge in [0, 0.05) is 19.8 Å². The maximum atomic E-state index is 11.9. The van der Waals surface area contributed by atoms with Crippen molar-refractivity contribution >= 4 is 21.6 Å². The van der Waals surface area contributed by atoms with E-state index in [2.05, 4.69) is 14.7 Å². The van der Waals surface area contributed by atoms with Crippen LogP contribution in [0.25, 0.3) is 0 Å². The molecule has 0 bridgehead atoms. The van der Waals surface area contributed by atoms with Gasteiger partial charge >= 0.3 is 0 Å². The highest BCUT2D eigenvalue weighted by Gasteiger charge is 2.16. The molecule has 0 saturated carbocycles. The van der Waals surface area contributed by atoms with Crippen LogP contribution in [0.2, 0.25) is 5.28 Å². The molecule has 1 atom stereocenters. The van der Waals surface area contributed by atoms with Crippen LogP contribution in [0.1, 0.15) is 19.3 Å². The fraction of sp³-hybridized carbons (Fsp3) is 0.667. The number of aromatic nitrogens is 2. The molecule has 0 amide bonds. The molecule has 9 heteroatoms. The molecule has 2 heterocycles. The normalized spacial score (nSPS) is 19.0. The van der Waals surface area contributed by atoms with Crippen molar-refractivity contribution in [1.29, 1.82) is 0 Å². The average molecular weight is 336 g/mol. The monoisotopic (exact) mass is 335 g/mol. The van der Waals surface area contributed by atoms with Crippen LogP contribution < -0.4 is 4.72 Å². The Labute approximate surface area is 129 Å². The van der Waals surface area contributed by atoms with Crippen molar-refractivity contribution in [3.8, 4) is 0 Å². The molecule has 21 heavy (non-hydrogen) atoms. The summed E-state index contributed by atoms with van der Waals surface area (Å²) < 4.78 is 37.1. The van der Waals surface area contributed by atoms with E-state index in [1.807, 2.05) is 0 Å². The highest BCUT2D eigenvalue weighted by atomic mass is 35.5. The lowest BCUT2D eigenvalue weighted by Gasteiger charge is -2.10. The number of nitrogens with one attached hydrogen (secondary N) is 1. The van der Waals surface area contributed by atoms with Crippen molar-refractivity contribution in [2.75, 3.05) is 26.4 Å². The van der Waals surface area contributed by atoms with Gasteiger partial charge < -0.3 is 9.47 Å². The summed E-state index contributed by atoms with van der Waals surface area (Å²) in [6.45, 7) is 2.14. The molecule has 1 fully saturated rings. The number of hydrogen-bond donors (Lipinski definition) is 1. The van der Waals surface area contributed by atoms with Crippen molar-refractivity contribution < 1.29 is 17.9 Å². The molecule has 1 aromatic rings. The second-order valence-corrected chi connectivity index (χ2v) is 6.75. The molecule has 7 nitrogen and oxygen atoms in total. The van der Waals surface area contributed by atoms with Crippen LogP contribution in [0, 0.1) is 0 Å². The van der Waals surface area contributed by atoms with E-state index in [-0.39, 0.29) is 22.8 Å². The first-order valence-electron chi connectivity index (χ1n) is 6.74. The first-order valence-corrected chi connectivity index (χ1v) is 8.60. The van der Waals surface area contributed by atoms with E-state index in [1.165, 1.54) is 12.4 Å². The molecular weight excluding hydrogens is 318 g/mol. The topological polar surface area (TPSA) is 90.4 Å². The van der Waals surface area contributed by atoms with Crippen molar-refractivity contribution in [2.45, 2.75) is 30.3 Å². The number of rotatable bonds is 8. The van der Waals surface area contributed by atoms with E-state index in [9.17, 15) is 8.42 Å². The Morgan fingerprint density at radius 1 is 1.43 bits per heavy atom. The Hall–Kier alpha value is -0.800. The summed E-state index contributed by atoms with van der Waals surface area (Å²) in [4.78, 5) is 7.28. The Morgan fingerprint density at radius 3 is 2.86 bits per heavy atom. The molecule has 1 aliphatic heterocycles. The van der Waals surface area contributed by atoms with Gasteiger partial charge in [0.2, 0.25) is 15.3 Å². The molecule has 1 aromatic heterocycles. The molecule has 1 saturated heterocycles. The lowest BCUT2D eigenvalue weighted by molar-refractivity contribution is 0.0169. The number of sulfonamides is 1. The minimum atomic E-state index is -3.59. The molecule has 118 valence electrons. The zero-order chi connectivity index (χ0) is 15.1. The van der Waals surface area contributed by atoms with Gasteiger partial charge in [-0.2, -0.15) is 0 Å². The van der Waals surface area contributed by atoms with Crippen LogP contribution in [-0.4, -0.2) is 50.9 Å². The van der Waals surface area contributed by atoms with E-state index >= 15 is 0 Å². The second-order valence-electron chi connectivity index (χ2n) is 4.65. The number of halogens is 1. The fourth-order valence-corrected chi connectivity index (χ4v) is 2.95. The SMILES string of the molecule is O=S(=O)(NCCCOCC1CCCO1)c1cnc(Cl)nc1. The summed E-state index contributed by atoms with van der Waals surface area (Å²) in [5, 5.41) is 0.0106. The van der Waals surface area contributed by atoms with Gasteiger partial charge in [-0.1, -0.05) is 0 Å². The maximum Gasteiger partial charge on any atom is 0.243 e. The van der Waals surface area contributed by atoms with E-state index in [1.54, 1.807) is 0 Å². The smallest absolute Gasteiger partial charge is 0.243 e. The zero-order valence-electron chi connectivity index (χ0n) is 11.5. The van der Waals surface area contributed by atoms with E-state index in [4.69, 9.17) is 21.1 Å². The maximum absolute atomic E-state index is 11.9. The van der Waals surface area contributed by atoms with Crippen molar-refractivity contribution in [1.82, 2.24) is 14.7 Å². The summed E-state index contributed by atoms with van der Waals surface area (Å²) in [5.41, 5.74) is 0. The van der Waals surface area contributed by atoms with E-state index < -0.39 is 10.0 Å². The number of hydrogen-bond acceptors (Lipinski definition) is 6. The molecule has 2 rings (SSSR count). The van der Waals surface area contributed by atoms with Crippen molar-refractivity contribution in [2.24, 2.45) is 0 Å². The summed E-state index contributed by atoms with van der Waals surface area (Å²) in [7, 11) is -3.59. The molecule has 0 radical (unpaired) electrons. The van der Waals surface area contributed by atoms with Crippen molar-refractivity contribution in [3.63, 3.8) is 0 Å². The van der Waals surface area contributed by atoms with Gasteiger partial charge in [-0.3, -0.25) is 0 Å². The highest BCUT2D eigenvalue weighted by molar-refractivity contribution is 7.89. The van der Waals surface area contributed by atoms with Gasteiger partial charge in [0.05, 0.1) is 25.1 Å². The Morgan fingerprint density at radius 2 is 2.19 bits per heavy atom. The number of nitrogens with zero attached hydrogens (tertiary/aromatic N) is 2. The largest absolute Gasteiger partial charge is 0.379 e. The minimum Gasteiger partial charge on any atom is -0.379 e. The molecule has 0 spiro atoms. The summed E-state index contributed by atoms with van der Waals surface area (Å²) in [6.07, 6.45) is 5.23. The van der Waals surface area contributed by atoms with Crippen LogP contribution in [0.5, 0.6) is 0 Å². The van der Waals surface area contributed by atoms with E-state index in [0.29, 0.717) is 19.6 Å². The fourth-order valence-electron chi connectivity index (χ4n) is 1.89. The Kier molecular flexibility index (Phi) is 6.31. The Bertz CT molecular complexity index is 532. The van der Waals surface area contributed by atoms with Gasteiger partial charge in [-0.15, -0.1) is 0 Å². The van der Waals surface area contributed by atoms with Gasteiger partial charge in [-0.25, -0.2) is 23.1 Å². The second kappa shape index (κ2) is 8.00. The minimum absolute atomic E-state index is 0.00725. The third-order valence-electron chi connectivity index (χ3n) is 2.99. The van der Waals surface area contributed by atoms with Gasteiger partial charge in [0.25, 0.3) is 0 Å². The van der Waals surface area contributed by atoms with Crippen LogP contribution in [0.3, 0.4) is 0 Å². The van der Waals surface area contributed by atoms with Gasteiger partial charge in [0.1, 0.15) is 4.90 Å². The summed E-state index contributed by atoms with van der Waals surface area (Å²) >= 11 is 5.51. The third-order valence-corrected chi connectivity index (χ3v) is 4.60. The quantitative estimate of drug-likeness (QED) is 0.563. The average Bonchev–Trinajstić information content (AvgIpc) is 2.96. The first kappa shape index (κ1) is 16.6. The highest BCUT2D eigenvalue weighted by Crippen LogP contribution is 2.12. The van der Waals surface area contributed by atoms with Crippen LogP contribution in [0.15, 0.2) is 17.3 Å². The molecule has 1 N–H and O–H groups in total. The van der Waals surface area contributed by atoms with E-state index in [0.717, 1.165) is 19.4 Å². The van der Waals surface area contributed by atoms with Gasteiger partial charge in [-0.05, 0) is 30.9 Å². The first-order chi connectivity index (χ1) is 10.1.